The van der Waals surface area contributed by atoms with E-state index in [0.29, 0.717) is 4.90 Å². The second kappa shape index (κ2) is 5.71. The number of carboxylic acid groups (broad SMARTS) is 1. The molecule has 0 aliphatic heterocycles. The Hall–Kier alpha value is -2.51. The normalized spacial score (nSPS) is 9.83. The highest BCUT2D eigenvalue weighted by Gasteiger charge is 2.20. The molecular weight excluding hydrogens is 245 g/mol. The lowest BCUT2D eigenvalue weighted by Crippen LogP contribution is -2.41. The molecule has 18 heavy (non-hydrogen) atoms. The molecule has 0 aromatic carbocycles. The van der Waals surface area contributed by atoms with Gasteiger partial charge in [0.2, 0.25) is 5.91 Å². The van der Waals surface area contributed by atoms with Gasteiger partial charge in [0.25, 0.3) is 5.91 Å². The van der Waals surface area contributed by atoms with Crippen molar-refractivity contribution in [3.63, 3.8) is 0 Å². The quantitative estimate of drug-likeness (QED) is 0.717. The Labute approximate surface area is 101 Å². The summed E-state index contributed by atoms with van der Waals surface area (Å²) in [4.78, 5) is 37.3. The Morgan fingerprint density at radius 2 is 2.00 bits per heavy atom. The van der Waals surface area contributed by atoms with Crippen molar-refractivity contribution < 1.29 is 23.9 Å². The third kappa shape index (κ3) is 3.81. The highest BCUT2D eigenvalue weighted by atomic mass is 19.1. The fourth-order valence-electron chi connectivity index (χ4n) is 1.26. The average Bonchev–Trinajstić information content (AvgIpc) is 2.26. The number of rotatable bonds is 5. The summed E-state index contributed by atoms with van der Waals surface area (Å²) in [6, 6.07) is 0.894. The number of carbonyl (C=O) groups is 3. The van der Waals surface area contributed by atoms with Crippen LogP contribution in [0.3, 0.4) is 0 Å². The highest BCUT2D eigenvalue weighted by Crippen LogP contribution is 2.05. The van der Waals surface area contributed by atoms with E-state index < -0.39 is 36.7 Å². The summed E-state index contributed by atoms with van der Waals surface area (Å²) in [7, 11) is 0. The van der Waals surface area contributed by atoms with Gasteiger partial charge in [0.1, 0.15) is 18.9 Å². The zero-order valence-electron chi connectivity index (χ0n) is 9.17. The molecule has 0 aliphatic carbocycles. The number of nitrogens with two attached hydrogens (primary N) is 1. The summed E-state index contributed by atoms with van der Waals surface area (Å²) < 4.78 is 12.9. The third-order valence-corrected chi connectivity index (χ3v) is 1.91. The van der Waals surface area contributed by atoms with Crippen LogP contribution in [0.15, 0.2) is 18.5 Å². The van der Waals surface area contributed by atoms with Gasteiger partial charge in [-0.25, -0.2) is 4.39 Å². The minimum absolute atomic E-state index is 0.155. The van der Waals surface area contributed by atoms with Crippen LogP contribution in [0.2, 0.25) is 0 Å². The van der Waals surface area contributed by atoms with Crippen LogP contribution in [0.4, 0.5) is 4.39 Å². The van der Waals surface area contributed by atoms with E-state index >= 15 is 0 Å². The Morgan fingerprint density at radius 3 is 2.50 bits per heavy atom. The standard InChI is InChI=1S/C10H10FN3O4/c11-7-1-6(2-13-3-7)10(18)14(4-8(12)15)5-9(16)17/h1-3H,4-5H2,(H2,12,15)(H,16,17). The van der Waals surface area contributed by atoms with Gasteiger partial charge in [-0.3, -0.25) is 19.4 Å². The number of nitrogens with zero attached hydrogens (tertiary/aromatic N) is 2. The smallest absolute Gasteiger partial charge is 0.323 e. The predicted octanol–water partition coefficient (Wildman–Crippen LogP) is -0.767. The molecule has 3 N–H and O–H groups in total. The lowest BCUT2D eigenvalue weighted by atomic mass is 10.2. The number of halogens is 1. The molecule has 0 bridgehead atoms. The van der Waals surface area contributed by atoms with Crippen molar-refractivity contribution in [2.75, 3.05) is 13.1 Å². The van der Waals surface area contributed by atoms with E-state index in [4.69, 9.17) is 10.8 Å². The van der Waals surface area contributed by atoms with Crippen molar-refractivity contribution in [3.8, 4) is 0 Å². The number of amides is 2. The lowest BCUT2D eigenvalue weighted by Gasteiger charge is -2.18. The van der Waals surface area contributed by atoms with Gasteiger partial charge in [-0.1, -0.05) is 0 Å². The minimum Gasteiger partial charge on any atom is -0.480 e. The van der Waals surface area contributed by atoms with Crippen molar-refractivity contribution in [1.29, 1.82) is 0 Å². The number of hydrogen-bond donors (Lipinski definition) is 2. The van der Waals surface area contributed by atoms with Gasteiger partial charge < -0.3 is 15.7 Å². The Kier molecular flexibility index (Phi) is 4.30. The fraction of sp³-hybridized carbons (Fsp3) is 0.200. The van der Waals surface area contributed by atoms with Gasteiger partial charge in [0, 0.05) is 6.20 Å². The van der Waals surface area contributed by atoms with Crippen molar-refractivity contribution >= 4 is 17.8 Å². The van der Waals surface area contributed by atoms with Gasteiger partial charge in [-0.2, -0.15) is 0 Å². The average molecular weight is 255 g/mol. The molecule has 0 fully saturated rings. The second-order valence-corrected chi connectivity index (χ2v) is 3.41. The zero-order chi connectivity index (χ0) is 13.7. The summed E-state index contributed by atoms with van der Waals surface area (Å²) in [5, 5.41) is 8.61. The summed E-state index contributed by atoms with van der Waals surface area (Å²) in [5.74, 6) is -3.75. The van der Waals surface area contributed by atoms with Crippen molar-refractivity contribution in [2.24, 2.45) is 5.73 Å². The summed E-state index contributed by atoms with van der Waals surface area (Å²) in [6.07, 6.45) is 1.97. The molecule has 1 aromatic heterocycles. The van der Waals surface area contributed by atoms with Gasteiger partial charge in [-0.15, -0.1) is 0 Å². The molecule has 96 valence electrons. The predicted molar refractivity (Wildman–Crippen MR) is 56.9 cm³/mol. The molecule has 8 heteroatoms. The molecule has 0 aliphatic rings. The molecule has 0 unspecified atom stereocenters. The first-order chi connectivity index (χ1) is 8.40. The number of pyridine rings is 1. The van der Waals surface area contributed by atoms with Crippen LogP contribution in [-0.2, 0) is 9.59 Å². The van der Waals surface area contributed by atoms with Gasteiger partial charge >= 0.3 is 5.97 Å². The Bertz CT molecular complexity index is 476. The SMILES string of the molecule is NC(=O)CN(CC(=O)O)C(=O)c1cncc(F)c1. The molecule has 7 nitrogen and oxygen atoms in total. The fourth-order valence-corrected chi connectivity index (χ4v) is 1.26. The van der Waals surface area contributed by atoms with E-state index in [1.165, 1.54) is 0 Å². The minimum atomic E-state index is -1.31. The van der Waals surface area contributed by atoms with Crippen LogP contribution in [0.25, 0.3) is 0 Å². The molecule has 0 spiro atoms. The molecular formula is C10H10FN3O4. The van der Waals surface area contributed by atoms with Crippen LogP contribution in [0.1, 0.15) is 10.4 Å². The van der Waals surface area contributed by atoms with Crippen LogP contribution in [0, 0.1) is 5.82 Å². The number of hydrogen-bond acceptors (Lipinski definition) is 4. The van der Waals surface area contributed by atoms with Crippen molar-refractivity contribution in [2.45, 2.75) is 0 Å². The second-order valence-electron chi connectivity index (χ2n) is 3.41. The lowest BCUT2D eigenvalue weighted by molar-refractivity contribution is -0.138. The number of carbonyl (C=O) groups excluding carboxylic acids is 2. The van der Waals surface area contributed by atoms with Gasteiger partial charge in [0.15, 0.2) is 0 Å². The van der Waals surface area contributed by atoms with E-state index in [-0.39, 0.29) is 5.56 Å². The monoisotopic (exact) mass is 255 g/mol. The maximum absolute atomic E-state index is 12.9. The molecule has 2 amide bonds. The maximum Gasteiger partial charge on any atom is 0.323 e. The van der Waals surface area contributed by atoms with Gasteiger partial charge in [-0.05, 0) is 6.07 Å². The number of aliphatic carboxylic acids is 1. The first-order valence-electron chi connectivity index (χ1n) is 4.80. The topological polar surface area (TPSA) is 114 Å². The van der Waals surface area contributed by atoms with Crippen LogP contribution < -0.4 is 5.73 Å². The molecule has 0 radical (unpaired) electrons. The first kappa shape index (κ1) is 13.6. The number of carboxylic acids is 1. The summed E-state index contributed by atoms with van der Waals surface area (Å²) in [5.41, 5.74) is 4.74. The summed E-state index contributed by atoms with van der Waals surface area (Å²) >= 11 is 0. The molecule has 0 saturated heterocycles. The Morgan fingerprint density at radius 1 is 1.33 bits per heavy atom. The first-order valence-corrected chi connectivity index (χ1v) is 4.80. The van der Waals surface area contributed by atoms with E-state index in [1.807, 2.05) is 0 Å². The Balaban J connectivity index is 2.94. The van der Waals surface area contributed by atoms with Crippen molar-refractivity contribution in [3.05, 3.63) is 29.8 Å². The van der Waals surface area contributed by atoms with E-state index in [1.54, 1.807) is 0 Å². The number of primary amides is 1. The zero-order valence-corrected chi connectivity index (χ0v) is 9.17. The van der Waals surface area contributed by atoms with E-state index in [0.717, 1.165) is 18.5 Å². The molecule has 1 aromatic rings. The third-order valence-electron chi connectivity index (χ3n) is 1.91. The molecule has 1 heterocycles. The van der Waals surface area contributed by atoms with Crippen LogP contribution in [-0.4, -0.2) is 45.9 Å². The summed E-state index contributed by atoms with van der Waals surface area (Å²) in [6.45, 7) is -1.28. The number of aromatic nitrogens is 1. The molecule has 0 saturated carbocycles. The molecule has 1 rings (SSSR count). The van der Waals surface area contributed by atoms with Crippen LogP contribution >= 0.6 is 0 Å². The highest BCUT2D eigenvalue weighted by molar-refractivity contribution is 5.97. The van der Waals surface area contributed by atoms with Crippen LogP contribution in [0.5, 0.6) is 0 Å². The largest absolute Gasteiger partial charge is 0.480 e. The van der Waals surface area contributed by atoms with Gasteiger partial charge in [0.05, 0.1) is 11.8 Å². The van der Waals surface area contributed by atoms with Crippen molar-refractivity contribution in [1.82, 2.24) is 9.88 Å². The maximum atomic E-state index is 12.9. The molecule has 0 atom stereocenters. The van der Waals surface area contributed by atoms with E-state index in [9.17, 15) is 18.8 Å². The van der Waals surface area contributed by atoms with E-state index in [2.05, 4.69) is 4.98 Å².